The number of pyridine rings is 2. The first kappa shape index (κ1) is 15.6. The normalized spacial score (nSPS) is 11.0. The molecule has 0 atom stereocenters. The fourth-order valence-electron chi connectivity index (χ4n) is 2.62. The fraction of sp³-hybridized carbons (Fsp3) is 0.118. The lowest BCUT2D eigenvalue weighted by molar-refractivity contribution is 0.768. The van der Waals surface area contributed by atoms with E-state index in [1.54, 1.807) is 22.2 Å². The van der Waals surface area contributed by atoms with Gasteiger partial charge in [0.25, 0.3) is 0 Å². The van der Waals surface area contributed by atoms with Crippen LogP contribution >= 0.6 is 11.3 Å². The van der Waals surface area contributed by atoms with Crippen LogP contribution in [0, 0.1) is 0 Å². The maximum absolute atomic E-state index is 5.62. The standard InChI is InChI=1S/C17H17N7S/c1-24-10-12(8-21-24)14-2-3-15(23-18)17(22-14)20-9-13-6-11-7-19-5-4-16(11)25-13/h2-8,10,23H,9,18H2,1H3,(H,20,22). The number of fused-ring (bicyclic) bond motifs is 1. The lowest BCUT2D eigenvalue weighted by Gasteiger charge is -2.11. The molecule has 0 saturated heterocycles. The molecule has 4 aromatic rings. The molecule has 0 aliphatic rings. The van der Waals surface area contributed by atoms with Crippen LogP contribution in [0.5, 0.6) is 0 Å². The molecule has 0 amide bonds. The number of hydrazine groups is 1. The van der Waals surface area contributed by atoms with Crippen LogP contribution in [0.3, 0.4) is 0 Å². The second-order valence-corrected chi connectivity index (χ2v) is 6.79. The van der Waals surface area contributed by atoms with Crippen LogP contribution in [-0.2, 0) is 13.6 Å². The summed E-state index contributed by atoms with van der Waals surface area (Å²) in [5, 5.41) is 8.71. The zero-order valence-corrected chi connectivity index (χ0v) is 14.4. The van der Waals surface area contributed by atoms with Crippen molar-refractivity contribution < 1.29 is 0 Å². The van der Waals surface area contributed by atoms with Crippen LogP contribution in [-0.4, -0.2) is 19.7 Å². The zero-order chi connectivity index (χ0) is 17.2. The van der Waals surface area contributed by atoms with Gasteiger partial charge in [-0.25, -0.2) is 4.98 Å². The van der Waals surface area contributed by atoms with E-state index in [2.05, 4.69) is 31.9 Å². The molecular formula is C17H17N7S. The Balaban J connectivity index is 1.59. The quantitative estimate of drug-likeness (QED) is 0.378. The predicted octanol–water partition coefficient (Wildman–Crippen LogP) is 2.99. The van der Waals surface area contributed by atoms with Crippen LogP contribution < -0.4 is 16.6 Å². The van der Waals surface area contributed by atoms with Crippen molar-refractivity contribution >= 4 is 32.9 Å². The smallest absolute Gasteiger partial charge is 0.151 e. The number of nitrogens with zero attached hydrogens (tertiary/aromatic N) is 4. The molecule has 0 aliphatic carbocycles. The molecule has 0 saturated carbocycles. The first-order chi connectivity index (χ1) is 12.2. The molecule has 7 nitrogen and oxygen atoms in total. The maximum Gasteiger partial charge on any atom is 0.151 e. The van der Waals surface area contributed by atoms with Crippen molar-refractivity contribution in [1.82, 2.24) is 19.7 Å². The van der Waals surface area contributed by atoms with Crippen molar-refractivity contribution in [2.45, 2.75) is 6.54 Å². The van der Waals surface area contributed by atoms with Crippen LogP contribution in [0.1, 0.15) is 4.88 Å². The van der Waals surface area contributed by atoms with E-state index in [1.165, 1.54) is 9.58 Å². The highest BCUT2D eigenvalue weighted by Crippen LogP contribution is 2.28. The number of hydrogen-bond donors (Lipinski definition) is 3. The van der Waals surface area contributed by atoms with Crippen LogP contribution in [0.4, 0.5) is 11.5 Å². The molecule has 0 fully saturated rings. The third-order valence-corrected chi connectivity index (χ3v) is 4.97. The second kappa shape index (κ2) is 6.50. The van der Waals surface area contributed by atoms with E-state index in [9.17, 15) is 0 Å². The summed E-state index contributed by atoms with van der Waals surface area (Å²) in [6, 6.07) is 7.99. The average molecular weight is 351 g/mol. The Morgan fingerprint density at radius 3 is 2.92 bits per heavy atom. The monoisotopic (exact) mass is 351 g/mol. The number of nitrogens with two attached hydrogens (primary N) is 1. The summed E-state index contributed by atoms with van der Waals surface area (Å²) in [6.07, 6.45) is 7.41. The number of anilines is 2. The minimum Gasteiger partial charge on any atom is -0.363 e. The Morgan fingerprint density at radius 1 is 1.24 bits per heavy atom. The van der Waals surface area contributed by atoms with E-state index >= 15 is 0 Å². The van der Waals surface area contributed by atoms with Crippen molar-refractivity contribution in [2.24, 2.45) is 12.9 Å². The third-order valence-electron chi connectivity index (χ3n) is 3.85. The zero-order valence-electron chi connectivity index (χ0n) is 13.6. The van der Waals surface area contributed by atoms with Gasteiger partial charge in [-0.05, 0) is 24.3 Å². The van der Waals surface area contributed by atoms with Gasteiger partial charge in [0, 0.05) is 46.2 Å². The topological polar surface area (TPSA) is 93.7 Å². The predicted molar refractivity (Wildman–Crippen MR) is 101 cm³/mol. The molecule has 4 rings (SSSR count). The minimum atomic E-state index is 0.664. The molecule has 8 heteroatoms. The van der Waals surface area contributed by atoms with E-state index in [0.29, 0.717) is 12.4 Å². The molecule has 4 N–H and O–H groups in total. The van der Waals surface area contributed by atoms with Gasteiger partial charge in [-0.2, -0.15) is 5.10 Å². The van der Waals surface area contributed by atoms with Crippen LogP contribution in [0.2, 0.25) is 0 Å². The summed E-state index contributed by atoms with van der Waals surface area (Å²) in [5.41, 5.74) is 5.24. The molecule has 0 aliphatic heterocycles. The summed E-state index contributed by atoms with van der Waals surface area (Å²) in [7, 11) is 1.88. The molecule has 0 aromatic carbocycles. The van der Waals surface area contributed by atoms with Gasteiger partial charge in [-0.15, -0.1) is 11.3 Å². The number of aromatic nitrogens is 4. The van der Waals surface area contributed by atoms with Crippen LogP contribution in [0.25, 0.3) is 21.3 Å². The van der Waals surface area contributed by atoms with Gasteiger partial charge < -0.3 is 10.7 Å². The number of thiophene rings is 1. The van der Waals surface area contributed by atoms with Gasteiger partial charge in [0.2, 0.25) is 0 Å². The van der Waals surface area contributed by atoms with E-state index in [-0.39, 0.29) is 0 Å². The van der Waals surface area contributed by atoms with Gasteiger partial charge in [-0.3, -0.25) is 15.5 Å². The first-order valence-electron chi connectivity index (χ1n) is 7.76. The largest absolute Gasteiger partial charge is 0.363 e. The Kier molecular flexibility index (Phi) is 4.04. The first-order valence-corrected chi connectivity index (χ1v) is 8.57. The average Bonchev–Trinajstić information content (AvgIpc) is 3.25. The van der Waals surface area contributed by atoms with E-state index in [1.807, 2.05) is 43.8 Å². The maximum atomic E-state index is 5.62. The van der Waals surface area contributed by atoms with Crippen molar-refractivity contribution in [3.63, 3.8) is 0 Å². The van der Waals surface area contributed by atoms with E-state index < -0.39 is 0 Å². The number of nitrogen functional groups attached to an aromatic ring is 1. The second-order valence-electron chi connectivity index (χ2n) is 5.62. The van der Waals surface area contributed by atoms with E-state index in [4.69, 9.17) is 5.84 Å². The lowest BCUT2D eigenvalue weighted by Crippen LogP contribution is -2.11. The van der Waals surface area contributed by atoms with Gasteiger partial charge in [0.05, 0.1) is 24.1 Å². The van der Waals surface area contributed by atoms with Gasteiger partial charge in [-0.1, -0.05) is 0 Å². The van der Waals surface area contributed by atoms with Crippen molar-refractivity contribution in [3.05, 3.63) is 53.9 Å². The number of hydrogen-bond acceptors (Lipinski definition) is 7. The van der Waals surface area contributed by atoms with Crippen molar-refractivity contribution in [1.29, 1.82) is 0 Å². The summed E-state index contributed by atoms with van der Waals surface area (Å²) < 4.78 is 2.98. The summed E-state index contributed by atoms with van der Waals surface area (Å²) in [4.78, 5) is 10.0. The molecule has 4 heterocycles. The van der Waals surface area contributed by atoms with E-state index in [0.717, 1.165) is 22.3 Å². The molecule has 4 aromatic heterocycles. The van der Waals surface area contributed by atoms with Gasteiger partial charge >= 0.3 is 0 Å². The highest BCUT2D eigenvalue weighted by Gasteiger charge is 2.09. The molecule has 0 radical (unpaired) electrons. The SMILES string of the molecule is Cn1cc(-c2ccc(NN)c(NCc3cc4cnccc4s3)n2)cn1. The minimum absolute atomic E-state index is 0.664. The van der Waals surface area contributed by atoms with Gasteiger partial charge in [0.15, 0.2) is 5.82 Å². The Morgan fingerprint density at radius 2 is 2.16 bits per heavy atom. The Bertz CT molecular complexity index is 988. The van der Waals surface area contributed by atoms with Gasteiger partial charge in [0.1, 0.15) is 0 Å². The fourth-order valence-corrected chi connectivity index (χ4v) is 3.59. The number of nitrogens with one attached hydrogen (secondary N) is 2. The Labute approximate surface area is 148 Å². The molecule has 0 bridgehead atoms. The van der Waals surface area contributed by atoms with Crippen LogP contribution in [0.15, 0.2) is 49.1 Å². The summed E-state index contributed by atoms with van der Waals surface area (Å²) >= 11 is 1.74. The lowest BCUT2D eigenvalue weighted by atomic mass is 10.2. The summed E-state index contributed by atoms with van der Waals surface area (Å²) in [6.45, 7) is 0.664. The molecular weight excluding hydrogens is 334 g/mol. The molecule has 0 unspecified atom stereocenters. The third kappa shape index (κ3) is 3.17. The van der Waals surface area contributed by atoms with Crippen molar-refractivity contribution in [3.8, 4) is 11.3 Å². The highest BCUT2D eigenvalue weighted by atomic mass is 32.1. The molecule has 0 spiro atoms. The molecule has 126 valence electrons. The molecule has 25 heavy (non-hydrogen) atoms. The number of aryl methyl sites for hydroxylation is 1. The van der Waals surface area contributed by atoms with Crippen molar-refractivity contribution in [2.75, 3.05) is 10.7 Å². The number of rotatable bonds is 5. The summed E-state index contributed by atoms with van der Waals surface area (Å²) in [5.74, 6) is 6.33. The Hall–Kier alpha value is -2.97. The highest BCUT2D eigenvalue weighted by molar-refractivity contribution is 7.19.